The number of hydrogen-bond donors (Lipinski definition) is 2. The van der Waals surface area contributed by atoms with E-state index in [0.29, 0.717) is 12.5 Å². The fraction of sp³-hybridized carbons (Fsp3) is 0.562. The Kier molecular flexibility index (Phi) is 5.41. The molecule has 0 saturated carbocycles. The van der Waals surface area contributed by atoms with E-state index in [1.165, 1.54) is 0 Å². The number of carbonyl (C=O) groups is 1. The smallest absolute Gasteiger partial charge is 0.227 e. The van der Waals surface area contributed by atoms with Gasteiger partial charge < -0.3 is 15.3 Å². The van der Waals surface area contributed by atoms with Crippen molar-refractivity contribution < 1.29 is 9.90 Å². The van der Waals surface area contributed by atoms with Crippen LogP contribution in [0.15, 0.2) is 24.3 Å². The molecule has 1 saturated heterocycles. The highest BCUT2D eigenvalue weighted by atomic mass is 16.3. The normalized spacial score (nSPS) is 16.1. The van der Waals surface area contributed by atoms with Crippen molar-refractivity contribution in [1.29, 1.82) is 0 Å². The average molecular weight is 276 g/mol. The summed E-state index contributed by atoms with van der Waals surface area (Å²) < 4.78 is 0. The van der Waals surface area contributed by atoms with Crippen LogP contribution in [0.3, 0.4) is 0 Å². The topological polar surface area (TPSA) is 52.6 Å². The monoisotopic (exact) mass is 276 g/mol. The molecule has 1 aliphatic rings. The van der Waals surface area contributed by atoms with E-state index in [1.54, 1.807) is 18.2 Å². The van der Waals surface area contributed by atoms with E-state index < -0.39 is 0 Å². The first-order valence-electron chi connectivity index (χ1n) is 7.48. The summed E-state index contributed by atoms with van der Waals surface area (Å²) in [5, 5.41) is 12.8. The maximum absolute atomic E-state index is 12.5. The molecule has 4 nitrogen and oxygen atoms in total. The lowest BCUT2D eigenvalue weighted by atomic mass is 10.0. The van der Waals surface area contributed by atoms with Crippen LogP contribution in [-0.4, -0.2) is 41.6 Å². The Hall–Kier alpha value is -1.55. The van der Waals surface area contributed by atoms with Gasteiger partial charge in [0.25, 0.3) is 0 Å². The second-order valence-corrected chi connectivity index (χ2v) is 5.41. The molecular formula is C16H24N2O2. The van der Waals surface area contributed by atoms with Gasteiger partial charge in [0, 0.05) is 12.6 Å². The maximum atomic E-state index is 12.5. The average Bonchev–Trinajstić information content (AvgIpc) is 2.45. The van der Waals surface area contributed by atoms with Crippen LogP contribution in [-0.2, 0) is 11.2 Å². The van der Waals surface area contributed by atoms with E-state index in [-0.39, 0.29) is 11.7 Å². The number of hydrogen-bond acceptors (Lipinski definition) is 3. The summed E-state index contributed by atoms with van der Waals surface area (Å²) in [6.07, 6.45) is 3.42. The number of piperidine rings is 1. The number of amides is 1. The first-order chi connectivity index (χ1) is 9.70. The summed E-state index contributed by atoms with van der Waals surface area (Å²) in [5.41, 5.74) is 0.880. The lowest BCUT2D eigenvalue weighted by Gasteiger charge is -2.34. The molecule has 0 radical (unpaired) electrons. The van der Waals surface area contributed by atoms with E-state index in [1.807, 2.05) is 11.0 Å². The number of phenols is 1. The van der Waals surface area contributed by atoms with E-state index in [2.05, 4.69) is 12.2 Å². The fourth-order valence-corrected chi connectivity index (χ4v) is 2.81. The maximum Gasteiger partial charge on any atom is 0.227 e. The summed E-state index contributed by atoms with van der Waals surface area (Å²) in [6.45, 7) is 4.91. The van der Waals surface area contributed by atoms with Crippen molar-refractivity contribution in [2.24, 2.45) is 0 Å². The van der Waals surface area contributed by atoms with Crippen LogP contribution in [0.5, 0.6) is 5.75 Å². The Labute approximate surface area is 120 Å². The molecule has 4 heteroatoms. The van der Waals surface area contributed by atoms with Crippen molar-refractivity contribution in [3.8, 4) is 5.75 Å². The molecule has 0 bridgehead atoms. The molecule has 0 atom stereocenters. The molecule has 2 N–H and O–H groups in total. The second-order valence-electron chi connectivity index (χ2n) is 5.41. The van der Waals surface area contributed by atoms with Crippen LogP contribution in [0.4, 0.5) is 0 Å². The zero-order chi connectivity index (χ0) is 14.4. The Morgan fingerprint density at radius 1 is 1.40 bits per heavy atom. The van der Waals surface area contributed by atoms with Gasteiger partial charge >= 0.3 is 0 Å². The van der Waals surface area contributed by atoms with Crippen molar-refractivity contribution in [3.63, 3.8) is 0 Å². The number of nitrogens with one attached hydrogen (secondary N) is 1. The van der Waals surface area contributed by atoms with Gasteiger partial charge in [-0.1, -0.05) is 19.1 Å². The molecule has 20 heavy (non-hydrogen) atoms. The van der Waals surface area contributed by atoms with E-state index in [4.69, 9.17) is 0 Å². The SMILES string of the molecule is CCCN(C(=O)Cc1cccc(O)c1)C1CCNCC1. The number of carbonyl (C=O) groups excluding carboxylic acids is 1. The summed E-state index contributed by atoms with van der Waals surface area (Å²) in [6, 6.07) is 7.34. The number of aromatic hydroxyl groups is 1. The number of phenolic OH excluding ortho intramolecular Hbond substituents is 1. The minimum absolute atomic E-state index is 0.171. The number of nitrogens with zero attached hydrogens (tertiary/aromatic N) is 1. The quantitative estimate of drug-likeness (QED) is 0.864. The van der Waals surface area contributed by atoms with Crippen LogP contribution < -0.4 is 5.32 Å². The van der Waals surface area contributed by atoms with E-state index >= 15 is 0 Å². The predicted octanol–water partition coefficient (Wildman–Crippen LogP) is 1.93. The van der Waals surface area contributed by atoms with E-state index in [9.17, 15) is 9.90 Å². The van der Waals surface area contributed by atoms with Crippen LogP contribution in [0.1, 0.15) is 31.7 Å². The third-order valence-electron chi connectivity index (χ3n) is 3.80. The summed E-state index contributed by atoms with van der Waals surface area (Å²) >= 11 is 0. The van der Waals surface area contributed by atoms with E-state index in [0.717, 1.165) is 44.5 Å². The Morgan fingerprint density at radius 2 is 2.15 bits per heavy atom. The van der Waals surface area contributed by atoms with Crippen LogP contribution in [0, 0.1) is 0 Å². The van der Waals surface area contributed by atoms with Gasteiger partial charge in [0.15, 0.2) is 0 Å². The zero-order valence-electron chi connectivity index (χ0n) is 12.1. The third kappa shape index (κ3) is 3.97. The molecule has 1 aromatic carbocycles. The molecule has 0 aromatic heterocycles. The summed E-state index contributed by atoms with van der Waals surface area (Å²) in [7, 11) is 0. The molecule has 1 fully saturated rings. The van der Waals surface area contributed by atoms with Crippen LogP contribution in [0.2, 0.25) is 0 Å². The Bertz CT molecular complexity index is 442. The van der Waals surface area contributed by atoms with Gasteiger partial charge in [-0.2, -0.15) is 0 Å². The highest BCUT2D eigenvalue weighted by Gasteiger charge is 2.24. The molecule has 0 aliphatic carbocycles. The predicted molar refractivity (Wildman–Crippen MR) is 79.7 cm³/mol. The second kappa shape index (κ2) is 7.29. The number of rotatable bonds is 5. The third-order valence-corrected chi connectivity index (χ3v) is 3.80. The molecule has 1 amide bonds. The van der Waals surface area contributed by atoms with Gasteiger partial charge in [0.05, 0.1) is 6.42 Å². The minimum Gasteiger partial charge on any atom is -0.508 e. The van der Waals surface area contributed by atoms with Gasteiger partial charge in [0.1, 0.15) is 5.75 Å². The fourth-order valence-electron chi connectivity index (χ4n) is 2.81. The van der Waals surface area contributed by atoms with Crippen molar-refractivity contribution in [2.75, 3.05) is 19.6 Å². The molecule has 0 unspecified atom stereocenters. The van der Waals surface area contributed by atoms with Crippen LogP contribution >= 0.6 is 0 Å². The van der Waals surface area contributed by atoms with Crippen molar-refractivity contribution in [2.45, 2.75) is 38.6 Å². The van der Waals surface area contributed by atoms with Gasteiger partial charge in [-0.3, -0.25) is 4.79 Å². The molecule has 0 spiro atoms. The molecule has 1 aromatic rings. The first kappa shape index (κ1) is 14.9. The van der Waals surface area contributed by atoms with Gasteiger partial charge in [-0.05, 0) is 50.0 Å². The van der Waals surface area contributed by atoms with Gasteiger partial charge in [-0.15, -0.1) is 0 Å². The number of benzene rings is 1. The lowest BCUT2D eigenvalue weighted by Crippen LogP contribution is -2.47. The standard InChI is InChI=1S/C16H24N2O2/c1-2-10-18(14-6-8-17-9-7-14)16(20)12-13-4-3-5-15(19)11-13/h3-5,11,14,17,19H,2,6-10,12H2,1H3. The molecule has 110 valence electrons. The van der Waals surface area contributed by atoms with Crippen molar-refractivity contribution in [3.05, 3.63) is 29.8 Å². The Morgan fingerprint density at radius 3 is 2.80 bits per heavy atom. The molecule has 1 heterocycles. The van der Waals surface area contributed by atoms with Gasteiger partial charge in [-0.25, -0.2) is 0 Å². The minimum atomic E-state index is 0.171. The summed E-state index contributed by atoms with van der Waals surface area (Å²) in [4.78, 5) is 14.6. The molecular weight excluding hydrogens is 252 g/mol. The zero-order valence-corrected chi connectivity index (χ0v) is 12.1. The highest BCUT2D eigenvalue weighted by Crippen LogP contribution is 2.16. The van der Waals surface area contributed by atoms with Crippen molar-refractivity contribution in [1.82, 2.24) is 10.2 Å². The largest absolute Gasteiger partial charge is 0.508 e. The highest BCUT2D eigenvalue weighted by molar-refractivity contribution is 5.79. The Balaban J connectivity index is 2.02. The van der Waals surface area contributed by atoms with Crippen LogP contribution in [0.25, 0.3) is 0 Å². The lowest BCUT2D eigenvalue weighted by molar-refractivity contribution is -0.133. The van der Waals surface area contributed by atoms with Crippen molar-refractivity contribution >= 4 is 5.91 Å². The van der Waals surface area contributed by atoms with Gasteiger partial charge in [0.2, 0.25) is 5.91 Å². The molecule has 1 aliphatic heterocycles. The molecule has 2 rings (SSSR count). The first-order valence-corrected chi connectivity index (χ1v) is 7.48. The summed E-state index contributed by atoms with van der Waals surface area (Å²) in [5.74, 6) is 0.392.